The van der Waals surface area contributed by atoms with E-state index in [0.29, 0.717) is 10.9 Å². The predicted octanol–water partition coefficient (Wildman–Crippen LogP) is 2.54. The van der Waals surface area contributed by atoms with Crippen molar-refractivity contribution in [1.29, 1.82) is 0 Å². The number of hydrogen-bond acceptors (Lipinski definition) is 2. The fraction of sp³-hybridized carbons (Fsp3) is 0.533. The van der Waals surface area contributed by atoms with Crippen LogP contribution in [0.2, 0.25) is 5.02 Å². The molecular formula is C15H21ClN2O. The Morgan fingerprint density at radius 1 is 1.42 bits per heavy atom. The maximum Gasteiger partial charge on any atom is 0.253 e. The van der Waals surface area contributed by atoms with Crippen LogP contribution in [-0.4, -0.2) is 49.9 Å². The van der Waals surface area contributed by atoms with Crippen molar-refractivity contribution in [2.24, 2.45) is 5.92 Å². The van der Waals surface area contributed by atoms with Gasteiger partial charge in [0.25, 0.3) is 5.91 Å². The lowest BCUT2D eigenvalue weighted by Crippen LogP contribution is -2.31. The average molecular weight is 281 g/mol. The Bertz CT molecular complexity index is 473. The molecule has 1 heterocycles. The van der Waals surface area contributed by atoms with Gasteiger partial charge >= 0.3 is 0 Å². The zero-order valence-corrected chi connectivity index (χ0v) is 12.6. The highest BCUT2D eigenvalue weighted by Crippen LogP contribution is 2.25. The number of halogens is 1. The lowest BCUT2D eigenvalue weighted by atomic mass is 9.94. The highest BCUT2D eigenvalue weighted by Gasteiger charge is 2.25. The average Bonchev–Trinajstić information content (AvgIpc) is 2.45. The van der Waals surface area contributed by atoms with Gasteiger partial charge in [0.2, 0.25) is 0 Å². The summed E-state index contributed by atoms with van der Waals surface area (Å²) in [6, 6.07) is 5.59. The topological polar surface area (TPSA) is 23.6 Å². The van der Waals surface area contributed by atoms with Gasteiger partial charge in [0.1, 0.15) is 0 Å². The zero-order valence-electron chi connectivity index (χ0n) is 11.8. The van der Waals surface area contributed by atoms with E-state index in [-0.39, 0.29) is 5.91 Å². The Morgan fingerprint density at radius 3 is 2.84 bits per heavy atom. The fourth-order valence-electron chi connectivity index (χ4n) is 2.63. The molecule has 0 spiro atoms. The van der Waals surface area contributed by atoms with Gasteiger partial charge in [-0.25, -0.2) is 0 Å². The smallest absolute Gasteiger partial charge is 0.253 e. The standard InChI is InChI=1S/C15H21ClN2O/c1-17(2)7-6-11-8-12-9-13(16)4-5-14(12)15(19)18(3)10-11/h4-5,9,11H,6-8,10H2,1-3H3. The molecule has 1 unspecified atom stereocenters. The van der Waals surface area contributed by atoms with E-state index < -0.39 is 0 Å². The highest BCUT2D eigenvalue weighted by molar-refractivity contribution is 6.30. The molecule has 1 aromatic carbocycles. The van der Waals surface area contributed by atoms with Crippen molar-refractivity contribution in [2.45, 2.75) is 12.8 Å². The normalized spacial score (nSPS) is 19.5. The molecule has 0 fully saturated rings. The van der Waals surface area contributed by atoms with Crippen LogP contribution < -0.4 is 0 Å². The molecule has 0 radical (unpaired) electrons. The molecule has 0 N–H and O–H groups in total. The maximum absolute atomic E-state index is 12.3. The summed E-state index contributed by atoms with van der Waals surface area (Å²) in [5.74, 6) is 0.607. The summed E-state index contributed by atoms with van der Waals surface area (Å²) in [5.41, 5.74) is 1.89. The molecular weight excluding hydrogens is 260 g/mol. The molecule has 19 heavy (non-hydrogen) atoms. The minimum absolute atomic E-state index is 0.110. The third kappa shape index (κ3) is 3.48. The van der Waals surface area contributed by atoms with Crippen LogP contribution >= 0.6 is 11.6 Å². The van der Waals surface area contributed by atoms with E-state index in [0.717, 1.165) is 37.1 Å². The van der Waals surface area contributed by atoms with Gasteiger partial charge in [-0.05, 0) is 63.2 Å². The molecule has 104 valence electrons. The van der Waals surface area contributed by atoms with Gasteiger partial charge in [-0.15, -0.1) is 0 Å². The molecule has 0 saturated carbocycles. The fourth-order valence-corrected chi connectivity index (χ4v) is 2.82. The SMILES string of the molecule is CN(C)CCC1Cc2cc(Cl)ccc2C(=O)N(C)C1. The van der Waals surface area contributed by atoms with Crippen LogP contribution in [0.5, 0.6) is 0 Å². The lowest BCUT2D eigenvalue weighted by molar-refractivity contribution is 0.0779. The van der Waals surface area contributed by atoms with Crippen molar-refractivity contribution in [3.8, 4) is 0 Å². The second-order valence-corrected chi connectivity index (χ2v) is 6.09. The maximum atomic E-state index is 12.3. The summed E-state index contributed by atoms with van der Waals surface area (Å²) in [6.45, 7) is 1.86. The van der Waals surface area contributed by atoms with E-state index in [1.54, 1.807) is 6.07 Å². The van der Waals surface area contributed by atoms with E-state index in [9.17, 15) is 4.79 Å². The Labute approximate surface area is 120 Å². The molecule has 0 saturated heterocycles. The third-order valence-electron chi connectivity index (χ3n) is 3.67. The Balaban J connectivity index is 2.23. The van der Waals surface area contributed by atoms with Gasteiger partial charge in [-0.2, -0.15) is 0 Å². The summed E-state index contributed by atoms with van der Waals surface area (Å²) in [5, 5.41) is 0.711. The molecule has 1 aliphatic rings. The van der Waals surface area contributed by atoms with E-state index in [4.69, 9.17) is 11.6 Å². The van der Waals surface area contributed by atoms with Gasteiger partial charge in [0.05, 0.1) is 0 Å². The summed E-state index contributed by atoms with van der Waals surface area (Å²) in [6.07, 6.45) is 2.02. The molecule has 0 bridgehead atoms. The first-order valence-corrected chi connectivity index (χ1v) is 7.04. The lowest BCUT2D eigenvalue weighted by Gasteiger charge is -2.21. The number of rotatable bonds is 3. The van der Waals surface area contributed by atoms with E-state index >= 15 is 0 Å². The summed E-state index contributed by atoms with van der Waals surface area (Å²) in [7, 11) is 6.04. The first kappa shape index (κ1) is 14.4. The predicted molar refractivity (Wildman–Crippen MR) is 78.8 cm³/mol. The van der Waals surface area contributed by atoms with Crippen LogP contribution in [0.15, 0.2) is 18.2 Å². The Morgan fingerprint density at radius 2 is 2.16 bits per heavy atom. The van der Waals surface area contributed by atoms with Crippen LogP contribution in [0.1, 0.15) is 22.3 Å². The zero-order chi connectivity index (χ0) is 14.0. The van der Waals surface area contributed by atoms with Gasteiger partial charge in [0.15, 0.2) is 0 Å². The molecule has 1 atom stereocenters. The van der Waals surface area contributed by atoms with Crippen molar-refractivity contribution >= 4 is 17.5 Å². The summed E-state index contributed by atoms with van der Waals surface area (Å²) >= 11 is 6.06. The molecule has 4 heteroatoms. The van der Waals surface area contributed by atoms with Crippen molar-refractivity contribution in [1.82, 2.24) is 9.80 Å². The van der Waals surface area contributed by atoms with Crippen LogP contribution in [0, 0.1) is 5.92 Å². The molecule has 2 rings (SSSR count). The largest absolute Gasteiger partial charge is 0.341 e. The molecule has 1 aromatic rings. The molecule has 3 nitrogen and oxygen atoms in total. The summed E-state index contributed by atoms with van der Waals surface area (Å²) in [4.78, 5) is 16.3. The minimum atomic E-state index is 0.110. The van der Waals surface area contributed by atoms with E-state index in [1.807, 2.05) is 24.1 Å². The quantitative estimate of drug-likeness (QED) is 0.849. The molecule has 1 amide bonds. The van der Waals surface area contributed by atoms with Crippen molar-refractivity contribution in [3.05, 3.63) is 34.3 Å². The molecule has 1 aliphatic heterocycles. The van der Waals surface area contributed by atoms with Crippen LogP contribution in [-0.2, 0) is 6.42 Å². The first-order valence-electron chi connectivity index (χ1n) is 6.66. The Kier molecular flexibility index (Phi) is 4.48. The number of carbonyl (C=O) groups excluding carboxylic acids is 1. The summed E-state index contributed by atoms with van der Waals surface area (Å²) < 4.78 is 0. The minimum Gasteiger partial charge on any atom is -0.341 e. The second kappa shape index (κ2) is 5.93. The van der Waals surface area contributed by atoms with Gasteiger partial charge in [0, 0.05) is 24.2 Å². The number of carbonyl (C=O) groups is 1. The van der Waals surface area contributed by atoms with Crippen LogP contribution in [0.25, 0.3) is 0 Å². The van der Waals surface area contributed by atoms with Gasteiger partial charge < -0.3 is 9.80 Å². The third-order valence-corrected chi connectivity index (χ3v) is 3.90. The number of nitrogens with zero attached hydrogens (tertiary/aromatic N) is 2. The second-order valence-electron chi connectivity index (χ2n) is 5.65. The monoisotopic (exact) mass is 280 g/mol. The van der Waals surface area contributed by atoms with Crippen molar-refractivity contribution in [2.75, 3.05) is 34.2 Å². The first-order chi connectivity index (χ1) is 8.97. The number of hydrogen-bond donors (Lipinski definition) is 0. The van der Waals surface area contributed by atoms with Gasteiger partial charge in [-0.3, -0.25) is 4.79 Å². The number of benzene rings is 1. The Hall–Kier alpha value is -1.06. The van der Waals surface area contributed by atoms with Crippen LogP contribution in [0.3, 0.4) is 0 Å². The van der Waals surface area contributed by atoms with Crippen molar-refractivity contribution in [3.63, 3.8) is 0 Å². The van der Waals surface area contributed by atoms with Crippen molar-refractivity contribution < 1.29 is 4.79 Å². The molecule has 0 aromatic heterocycles. The van der Waals surface area contributed by atoms with Gasteiger partial charge in [-0.1, -0.05) is 11.6 Å². The number of fused-ring (bicyclic) bond motifs is 1. The number of amides is 1. The molecule has 0 aliphatic carbocycles. The highest BCUT2D eigenvalue weighted by atomic mass is 35.5. The van der Waals surface area contributed by atoms with E-state index in [1.165, 1.54) is 0 Å². The van der Waals surface area contributed by atoms with E-state index in [2.05, 4.69) is 19.0 Å². The van der Waals surface area contributed by atoms with Crippen LogP contribution in [0.4, 0.5) is 0 Å².